The van der Waals surface area contributed by atoms with E-state index in [2.05, 4.69) is 0 Å². The molecule has 0 radical (unpaired) electrons. The van der Waals surface area contributed by atoms with Gasteiger partial charge in [-0.2, -0.15) is 0 Å². The van der Waals surface area contributed by atoms with Gasteiger partial charge in [0.25, 0.3) is 0 Å². The largest absolute Gasteiger partial charge is 0.454 e. The molecule has 98 valence electrons. The average molecular weight is 261 g/mol. The Kier molecular flexibility index (Phi) is 4.07. The van der Waals surface area contributed by atoms with Crippen LogP contribution in [-0.4, -0.2) is 11.5 Å². The van der Waals surface area contributed by atoms with Crippen molar-refractivity contribution in [3.8, 4) is 11.5 Å². The van der Waals surface area contributed by atoms with Crippen molar-refractivity contribution in [3.63, 3.8) is 0 Å². The Labute approximate surface area is 109 Å². The fourth-order valence-corrected chi connectivity index (χ4v) is 1.60. The van der Waals surface area contributed by atoms with Gasteiger partial charge in [0.1, 0.15) is 5.75 Å². The first-order valence-corrected chi connectivity index (χ1v) is 5.78. The molecule has 2 aromatic carbocycles. The van der Waals surface area contributed by atoms with E-state index in [0.717, 1.165) is 5.56 Å². The van der Waals surface area contributed by atoms with E-state index in [-0.39, 0.29) is 17.2 Å². The molecule has 0 fully saturated rings. The summed E-state index contributed by atoms with van der Waals surface area (Å²) in [5.41, 5.74) is 0.845. The summed E-state index contributed by atoms with van der Waals surface area (Å²) in [4.78, 5) is 9.90. The van der Waals surface area contributed by atoms with Gasteiger partial charge in [0, 0.05) is 11.3 Å². The minimum absolute atomic E-state index is 0.104. The van der Waals surface area contributed by atoms with E-state index >= 15 is 0 Å². The maximum absolute atomic E-state index is 13.4. The molecule has 0 heterocycles. The highest BCUT2D eigenvalue weighted by molar-refractivity contribution is 5.33. The van der Waals surface area contributed by atoms with Crippen LogP contribution >= 0.6 is 0 Å². The molecular weight excluding hydrogens is 249 g/mol. The van der Waals surface area contributed by atoms with Crippen LogP contribution in [-0.2, 0) is 6.42 Å². The van der Waals surface area contributed by atoms with Gasteiger partial charge in [0.05, 0.1) is 0 Å². The Hall–Kier alpha value is -2.43. The molecule has 0 saturated heterocycles. The summed E-state index contributed by atoms with van der Waals surface area (Å²) in [6, 6.07) is 12.9. The first-order valence-electron chi connectivity index (χ1n) is 5.78. The van der Waals surface area contributed by atoms with Crippen molar-refractivity contribution in [3.05, 3.63) is 70.0 Å². The summed E-state index contributed by atoms with van der Waals surface area (Å²) in [5.74, 6) is 0.218. The SMILES string of the molecule is O=[N+]([O-])CCc1ccc(Oc2ccccc2F)cc1. The zero-order valence-corrected chi connectivity index (χ0v) is 10.1. The minimum atomic E-state index is -0.431. The van der Waals surface area contributed by atoms with Gasteiger partial charge < -0.3 is 4.74 Å². The summed E-state index contributed by atoms with van der Waals surface area (Å²) in [5, 5.41) is 10.3. The lowest BCUT2D eigenvalue weighted by atomic mass is 10.1. The van der Waals surface area contributed by atoms with Crippen molar-refractivity contribution >= 4 is 0 Å². The number of halogens is 1. The van der Waals surface area contributed by atoms with E-state index < -0.39 is 5.82 Å². The molecule has 0 aliphatic rings. The predicted octanol–water partition coefficient (Wildman–Crippen LogP) is 3.44. The number of nitrogens with zero attached hydrogens (tertiary/aromatic N) is 1. The topological polar surface area (TPSA) is 52.4 Å². The summed E-state index contributed by atoms with van der Waals surface area (Å²) in [7, 11) is 0. The highest BCUT2D eigenvalue weighted by Gasteiger charge is 2.04. The van der Waals surface area contributed by atoms with Crippen LogP contribution < -0.4 is 4.74 Å². The molecule has 19 heavy (non-hydrogen) atoms. The van der Waals surface area contributed by atoms with Crippen LogP contribution in [0.25, 0.3) is 0 Å². The smallest absolute Gasteiger partial charge is 0.207 e. The predicted molar refractivity (Wildman–Crippen MR) is 68.5 cm³/mol. The molecule has 0 spiro atoms. The summed E-state index contributed by atoms with van der Waals surface area (Å²) in [6.07, 6.45) is 0.368. The van der Waals surface area contributed by atoms with Gasteiger partial charge in [0.2, 0.25) is 6.54 Å². The number of rotatable bonds is 5. The van der Waals surface area contributed by atoms with Gasteiger partial charge in [0.15, 0.2) is 11.6 Å². The Morgan fingerprint density at radius 2 is 1.79 bits per heavy atom. The minimum Gasteiger partial charge on any atom is -0.454 e. The van der Waals surface area contributed by atoms with Crippen LogP contribution in [0.3, 0.4) is 0 Å². The molecule has 0 unspecified atom stereocenters. The number of para-hydroxylation sites is 1. The van der Waals surface area contributed by atoms with Crippen LogP contribution in [0.15, 0.2) is 48.5 Å². The number of hydrogen-bond acceptors (Lipinski definition) is 3. The van der Waals surface area contributed by atoms with Crippen molar-refractivity contribution in [2.75, 3.05) is 6.54 Å². The third-order valence-corrected chi connectivity index (χ3v) is 2.57. The molecule has 0 aliphatic heterocycles. The molecule has 0 saturated carbocycles. The van der Waals surface area contributed by atoms with E-state index in [1.54, 1.807) is 36.4 Å². The third kappa shape index (κ3) is 3.77. The molecule has 0 aliphatic carbocycles. The normalized spacial score (nSPS) is 10.2. The molecule has 0 bridgehead atoms. The zero-order chi connectivity index (χ0) is 13.7. The molecule has 2 aromatic rings. The number of ether oxygens (including phenoxy) is 1. The number of hydrogen-bond donors (Lipinski definition) is 0. The molecule has 4 nitrogen and oxygen atoms in total. The van der Waals surface area contributed by atoms with E-state index in [1.165, 1.54) is 12.1 Å². The lowest BCUT2D eigenvalue weighted by Gasteiger charge is -2.07. The van der Waals surface area contributed by atoms with Gasteiger partial charge in [-0.1, -0.05) is 24.3 Å². The van der Waals surface area contributed by atoms with Gasteiger partial charge in [-0.3, -0.25) is 10.1 Å². The summed E-state index contributed by atoms with van der Waals surface area (Å²) < 4.78 is 18.7. The molecule has 0 N–H and O–H groups in total. The summed E-state index contributed by atoms with van der Waals surface area (Å²) in [6.45, 7) is -0.104. The van der Waals surface area contributed by atoms with Crippen LogP contribution in [0, 0.1) is 15.9 Å². The molecular formula is C14H12FNO3. The Morgan fingerprint density at radius 1 is 1.11 bits per heavy atom. The Morgan fingerprint density at radius 3 is 2.42 bits per heavy atom. The highest BCUT2D eigenvalue weighted by Crippen LogP contribution is 2.24. The van der Waals surface area contributed by atoms with Crippen molar-refractivity contribution in [1.82, 2.24) is 0 Å². The van der Waals surface area contributed by atoms with Gasteiger partial charge in [-0.25, -0.2) is 4.39 Å². The highest BCUT2D eigenvalue weighted by atomic mass is 19.1. The molecule has 0 amide bonds. The van der Waals surface area contributed by atoms with Crippen molar-refractivity contribution in [1.29, 1.82) is 0 Å². The summed E-state index contributed by atoms with van der Waals surface area (Å²) >= 11 is 0. The monoisotopic (exact) mass is 261 g/mol. The second-order valence-corrected chi connectivity index (χ2v) is 3.98. The van der Waals surface area contributed by atoms with Crippen molar-refractivity contribution < 1.29 is 14.1 Å². The van der Waals surface area contributed by atoms with Crippen LogP contribution in [0.1, 0.15) is 5.56 Å². The van der Waals surface area contributed by atoms with E-state index in [4.69, 9.17) is 4.74 Å². The lowest BCUT2D eigenvalue weighted by molar-refractivity contribution is -0.479. The second-order valence-electron chi connectivity index (χ2n) is 3.98. The fourth-order valence-electron chi connectivity index (χ4n) is 1.60. The quantitative estimate of drug-likeness (QED) is 0.612. The van der Waals surface area contributed by atoms with Crippen LogP contribution in [0.4, 0.5) is 4.39 Å². The van der Waals surface area contributed by atoms with E-state index in [0.29, 0.717) is 12.2 Å². The second kappa shape index (κ2) is 5.95. The maximum Gasteiger partial charge on any atom is 0.207 e. The van der Waals surface area contributed by atoms with Gasteiger partial charge in [-0.05, 0) is 29.8 Å². The lowest BCUT2D eigenvalue weighted by Crippen LogP contribution is -2.03. The standard InChI is InChI=1S/C14H12FNO3/c15-13-3-1-2-4-14(13)19-12-7-5-11(6-8-12)9-10-16(17)18/h1-8H,9-10H2. The maximum atomic E-state index is 13.4. The first kappa shape index (κ1) is 13.0. The number of nitro groups is 1. The Bertz CT molecular complexity index is 569. The van der Waals surface area contributed by atoms with E-state index in [9.17, 15) is 14.5 Å². The van der Waals surface area contributed by atoms with Gasteiger partial charge in [-0.15, -0.1) is 0 Å². The van der Waals surface area contributed by atoms with Gasteiger partial charge >= 0.3 is 0 Å². The van der Waals surface area contributed by atoms with Crippen molar-refractivity contribution in [2.45, 2.75) is 6.42 Å². The average Bonchev–Trinajstić information content (AvgIpc) is 2.40. The fraction of sp³-hybridized carbons (Fsp3) is 0.143. The zero-order valence-electron chi connectivity index (χ0n) is 10.1. The third-order valence-electron chi connectivity index (χ3n) is 2.57. The molecule has 0 aromatic heterocycles. The molecule has 2 rings (SSSR count). The van der Waals surface area contributed by atoms with Crippen LogP contribution in [0.5, 0.6) is 11.5 Å². The molecule has 5 heteroatoms. The number of benzene rings is 2. The van der Waals surface area contributed by atoms with E-state index in [1.807, 2.05) is 0 Å². The Balaban J connectivity index is 2.03. The van der Waals surface area contributed by atoms with Crippen LogP contribution in [0.2, 0.25) is 0 Å². The van der Waals surface area contributed by atoms with Crippen molar-refractivity contribution in [2.24, 2.45) is 0 Å². The molecule has 0 atom stereocenters. The first-order chi connectivity index (χ1) is 9.15.